The predicted octanol–water partition coefficient (Wildman–Crippen LogP) is 1.42. The maximum Gasteiger partial charge on any atom is 0.349 e. The van der Waals surface area contributed by atoms with Crippen LogP contribution in [-0.2, 0) is 14.3 Å². The highest BCUT2D eigenvalue weighted by Crippen LogP contribution is 2.24. The van der Waals surface area contributed by atoms with Crippen molar-refractivity contribution >= 4 is 5.97 Å². The third-order valence-corrected chi connectivity index (χ3v) is 3.51. The highest BCUT2D eigenvalue weighted by molar-refractivity contribution is 5.94. The lowest BCUT2D eigenvalue weighted by molar-refractivity contribution is -0.139. The van der Waals surface area contributed by atoms with Gasteiger partial charge in [0.1, 0.15) is 18.2 Å². The number of carbonyl (C=O) groups is 1. The molecule has 0 amide bonds. The van der Waals surface area contributed by atoms with Gasteiger partial charge in [0.25, 0.3) is 0 Å². The number of allylic oxidation sites excluding steroid dienone is 3. The van der Waals surface area contributed by atoms with Gasteiger partial charge in [-0.3, -0.25) is 0 Å². The van der Waals surface area contributed by atoms with E-state index in [0.29, 0.717) is 12.0 Å². The fourth-order valence-corrected chi connectivity index (χ4v) is 2.17. The quantitative estimate of drug-likeness (QED) is 0.400. The maximum atomic E-state index is 11.8. The molecule has 0 radical (unpaired) electrons. The normalized spacial score (nSPS) is 18.0. The predicted molar refractivity (Wildman–Crippen MR) is 81.7 cm³/mol. The van der Waals surface area contributed by atoms with Crippen LogP contribution >= 0.6 is 0 Å². The molecule has 1 rings (SSSR count). The highest BCUT2D eigenvalue weighted by Gasteiger charge is 2.18. The molecule has 0 saturated carbocycles. The van der Waals surface area contributed by atoms with Crippen molar-refractivity contribution in [2.75, 3.05) is 26.9 Å². The third kappa shape index (κ3) is 5.88. The minimum Gasteiger partial charge on any atom is -0.459 e. The third-order valence-electron chi connectivity index (χ3n) is 3.51. The number of nitrogens with zero attached hydrogens (tertiary/aromatic N) is 1. The second kappa shape index (κ2) is 9.98. The first-order valence-electron chi connectivity index (χ1n) is 7.50. The molecule has 1 aliphatic carbocycles. The molecular weight excluding hydrogens is 284 g/mol. The maximum absolute atomic E-state index is 11.8. The Kier molecular flexibility index (Phi) is 8.26. The van der Waals surface area contributed by atoms with E-state index in [9.17, 15) is 10.1 Å². The zero-order chi connectivity index (χ0) is 16.4. The van der Waals surface area contributed by atoms with Gasteiger partial charge >= 0.3 is 5.97 Å². The number of ether oxygens (including phenoxy) is 2. The van der Waals surface area contributed by atoms with Gasteiger partial charge in [0.05, 0.1) is 12.7 Å². The number of nitriles is 1. The second-order valence-electron chi connectivity index (χ2n) is 5.16. The summed E-state index contributed by atoms with van der Waals surface area (Å²) in [5, 5.41) is 21.2. The van der Waals surface area contributed by atoms with Crippen LogP contribution in [0.5, 0.6) is 0 Å². The molecule has 1 unspecified atom stereocenters. The molecule has 1 atom stereocenters. The lowest BCUT2D eigenvalue weighted by atomic mass is 9.95. The Bertz CT molecular complexity index is 477. The average molecular weight is 308 g/mol. The van der Waals surface area contributed by atoms with Gasteiger partial charge in [-0.1, -0.05) is 0 Å². The average Bonchev–Trinajstić information content (AvgIpc) is 2.53. The van der Waals surface area contributed by atoms with E-state index in [1.165, 1.54) is 0 Å². The van der Waals surface area contributed by atoms with Gasteiger partial charge in [-0.15, -0.1) is 0 Å². The molecule has 0 bridgehead atoms. The van der Waals surface area contributed by atoms with Crippen molar-refractivity contribution < 1.29 is 19.4 Å². The number of nitrogens with one attached hydrogen (secondary N) is 1. The van der Waals surface area contributed by atoms with Crippen molar-refractivity contribution in [3.8, 4) is 6.07 Å². The molecule has 0 aliphatic heterocycles. The van der Waals surface area contributed by atoms with Gasteiger partial charge in [-0.05, 0) is 44.3 Å². The SMILES string of the molecule is COC(C)CCNC1=C/C(=C(/C#N)C(=O)OCCO)CCC1. The Morgan fingerprint density at radius 3 is 2.95 bits per heavy atom. The standard InChI is InChI=1S/C16H24N2O4/c1-12(21-2)6-7-18-14-5-3-4-13(10-14)15(11-17)16(20)22-9-8-19/h10,12,18-19H,3-9H2,1-2H3/b15-13-. The van der Waals surface area contributed by atoms with Crippen LogP contribution in [0.1, 0.15) is 32.6 Å². The fourth-order valence-electron chi connectivity index (χ4n) is 2.17. The molecule has 122 valence electrons. The van der Waals surface area contributed by atoms with Crippen LogP contribution in [0.15, 0.2) is 22.9 Å². The summed E-state index contributed by atoms with van der Waals surface area (Å²) < 4.78 is 10.0. The first kappa shape index (κ1) is 18.2. The molecule has 2 N–H and O–H groups in total. The van der Waals surface area contributed by atoms with Gasteiger partial charge in [0.15, 0.2) is 0 Å². The Hall–Kier alpha value is -1.84. The summed E-state index contributed by atoms with van der Waals surface area (Å²) in [5.74, 6) is -0.669. The Morgan fingerprint density at radius 1 is 1.55 bits per heavy atom. The summed E-state index contributed by atoms with van der Waals surface area (Å²) in [6.45, 7) is 2.44. The number of carbonyl (C=O) groups excluding carboxylic acids is 1. The van der Waals surface area contributed by atoms with Crippen LogP contribution in [0.3, 0.4) is 0 Å². The molecule has 0 spiro atoms. The van der Waals surface area contributed by atoms with Crippen LogP contribution in [0.2, 0.25) is 0 Å². The Morgan fingerprint density at radius 2 is 2.32 bits per heavy atom. The number of hydrogen-bond acceptors (Lipinski definition) is 6. The van der Waals surface area contributed by atoms with E-state index in [0.717, 1.165) is 31.5 Å². The van der Waals surface area contributed by atoms with Crippen molar-refractivity contribution in [3.05, 3.63) is 22.9 Å². The molecule has 22 heavy (non-hydrogen) atoms. The van der Waals surface area contributed by atoms with Crippen molar-refractivity contribution in [1.82, 2.24) is 5.32 Å². The van der Waals surface area contributed by atoms with E-state index in [1.54, 1.807) is 7.11 Å². The van der Waals surface area contributed by atoms with E-state index in [-0.39, 0.29) is 24.9 Å². The van der Waals surface area contributed by atoms with Crippen molar-refractivity contribution in [3.63, 3.8) is 0 Å². The Balaban J connectivity index is 2.72. The van der Waals surface area contributed by atoms with E-state index >= 15 is 0 Å². The molecule has 1 aliphatic rings. The summed E-state index contributed by atoms with van der Waals surface area (Å²) in [6, 6.07) is 1.92. The number of rotatable bonds is 8. The largest absolute Gasteiger partial charge is 0.459 e. The minimum absolute atomic E-state index is 0.0257. The Labute approximate surface area is 131 Å². The van der Waals surface area contributed by atoms with Gasteiger partial charge in [-0.25, -0.2) is 4.79 Å². The highest BCUT2D eigenvalue weighted by atomic mass is 16.5. The van der Waals surface area contributed by atoms with E-state index < -0.39 is 5.97 Å². The number of methoxy groups -OCH3 is 1. The number of aliphatic hydroxyl groups excluding tert-OH is 1. The molecular formula is C16H24N2O4. The molecule has 0 aromatic carbocycles. The fraction of sp³-hybridized carbons (Fsp3) is 0.625. The molecule has 6 heteroatoms. The minimum atomic E-state index is -0.669. The van der Waals surface area contributed by atoms with E-state index in [1.807, 2.05) is 19.1 Å². The smallest absolute Gasteiger partial charge is 0.349 e. The molecule has 0 saturated heterocycles. The van der Waals surface area contributed by atoms with Crippen molar-refractivity contribution in [1.29, 1.82) is 5.26 Å². The number of aliphatic hydroxyl groups is 1. The first-order valence-corrected chi connectivity index (χ1v) is 7.50. The van der Waals surface area contributed by atoms with Gasteiger partial charge in [0, 0.05) is 19.4 Å². The van der Waals surface area contributed by atoms with Gasteiger partial charge in [-0.2, -0.15) is 5.26 Å². The number of esters is 1. The number of hydrogen-bond donors (Lipinski definition) is 2. The summed E-state index contributed by atoms with van der Waals surface area (Å²) in [4.78, 5) is 11.8. The summed E-state index contributed by atoms with van der Waals surface area (Å²) in [5.41, 5.74) is 1.74. The van der Waals surface area contributed by atoms with Crippen LogP contribution < -0.4 is 5.32 Å². The lowest BCUT2D eigenvalue weighted by Gasteiger charge is -2.19. The van der Waals surface area contributed by atoms with E-state index in [2.05, 4.69) is 5.32 Å². The van der Waals surface area contributed by atoms with E-state index in [4.69, 9.17) is 14.6 Å². The molecule has 0 heterocycles. The van der Waals surface area contributed by atoms with Crippen LogP contribution in [0.4, 0.5) is 0 Å². The summed E-state index contributed by atoms with van der Waals surface area (Å²) in [7, 11) is 1.68. The molecule has 6 nitrogen and oxygen atoms in total. The topological polar surface area (TPSA) is 91.6 Å². The molecule has 0 aromatic heterocycles. The monoisotopic (exact) mass is 308 g/mol. The lowest BCUT2D eigenvalue weighted by Crippen LogP contribution is -2.21. The zero-order valence-corrected chi connectivity index (χ0v) is 13.2. The van der Waals surface area contributed by atoms with Gasteiger partial charge in [0.2, 0.25) is 0 Å². The van der Waals surface area contributed by atoms with Crippen molar-refractivity contribution in [2.24, 2.45) is 0 Å². The van der Waals surface area contributed by atoms with Crippen LogP contribution in [0.25, 0.3) is 0 Å². The second-order valence-corrected chi connectivity index (χ2v) is 5.16. The summed E-state index contributed by atoms with van der Waals surface area (Å²) >= 11 is 0. The van der Waals surface area contributed by atoms with Crippen molar-refractivity contribution in [2.45, 2.75) is 38.7 Å². The van der Waals surface area contributed by atoms with Crippen LogP contribution in [0, 0.1) is 11.3 Å². The first-order chi connectivity index (χ1) is 10.6. The van der Waals surface area contributed by atoms with Crippen LogP contribution in [-0.4, -0.2) is 44.0 Å². The molecule has 0 fully saturated rings. The van der Waals surface area contributed by atoms with Gasteiger partial charge < -0.3 is 19.9 Å². The summed E-state index contributed by atoms with van der Waals surface area (Å²) in [6.07, 6.45) is 5.39. The molecule has 0 aromatic rings. The zero-order valence-electron chi connectivity index (χ0n) is 13.2.